The molecule has 1 amide bonds. The van der Waals surface area contributed by atoms with E-state index in [-0.39, 0.29) is 40.3 Å². The number of carbonyl (C=O) groups excluding carboxylic acids is 1. The van der Waals surface area contributed by atoms with E-state index in [1.807, 2.05) is 11.8 Å². The van der Waals surface area contributed by atoms with Crippen LogP contribution in [0, 0.1) is 22.9 Å². The first kappa shape index (κ1) is 26.0. The summed E-state index contributed by atoms with van der Waals surface area (Å²) >= 11 is 0. The second-order valence-electron chi connectivity index (χ2n) is 8.73. The highest BCUT2D eigenvalue weighted by Crippen LogP contribution is 2.40. The molecule has 2 aromatic carbocycles. The number of anilines is 3. The maximum Gasteiger partial charge on any atom is 0.258 e. The zero-order valence-corrected chi connectivity index (χ0v) is 20.5. The molecule has 0 bridgehead atoms. The molecule has 0 saturated carbocycles. The van der Waals surface area contributed by atoms with Crippen LogP contribution in [0.4, 0.5) is 30.2 Å². The van der Waals surface area contributed by atoms with Gasteiger partial charge in [-0.05, 0) is 31.5 Å². The minimum atomic E-state index is -1.07. The van der Waals surface area contributed by atoms with Crippen molar-refractivity contribution in [2.24, 2.45) is 5.73 Å². The molecule has 3 aromatic rings. The molecule has 1 aliphatic heterocycles. The monoisotopic (exact) mass is 512 g/mol. The molecule has 37 heavy (non-hydrogen) atoms. The van der Waals surface area contributed by atoms with E-state index >= 15 is 4.39 Å². The first-order chi connectivity index (χ1) is 17.7. The number of carbonyl (C=O) groups is 1. The van der Waals surface area contributed by atoms with Gasteiger partial charge < -0.3 is 31.4 Å². The van der Waals surface area contributed by atoms with Crippen molar-refractivity contribution in [1.29, 1.82) is 5.41 Å². The molecule has 1 fully saturated rings. The minimum absolute atomic E-state index is 0.0437. The molecule has 2 atom stereocenters. The Hall–Kier alpha value is -4.12. The quantitative estimate of drug-likeness (QED) is 0.349. The first-order valence-corrected chi connectivity index (χ1v) is 11.6. The van der Waals surface area contributed by atoms with E-state index < -0.39 is 34.6 Å². The molecule has 1 saturated heterocycles. The van der Waals surface area contributed by atoms with Crippen molar-refractivity contribution in [2.45, 2.75) is 25.4 Å². The Kier molecular flexibility index (Phi) is 7.35. The normalized spacial score (nSPS) is 17.0. The summed E-state index contributed by atoms with van der Waals surface area (Å²) in [4.78, 5) is 19.1. The molecule has 0 spiro atoms. The van der Waals surface area contributed by atoms with E-state index in [4.69, 9.17) is 15.9 Å². The lowest BCUT2D eigenvalue weighted by Crippen LogP contribution is -2.31. The highest BCUT2D eigenvalue weighted by atomic mass is 19.1. The topological polar surface area (TPSA) is 116 Å². The number of nitrogens with zero attached hydrogens (tertiary/aromatic N) is 2. The molecule has 4 rings (SSSR count). The predicted molar refractivity (Wildman–Crippen MR) is 137 cm³/mol. The zero-order valence-electron chi connectivity index (χ0n) is 20.5. The van der Waals surface area contributed by atoms with E-state index in [0.29, 0.717) is 18.7 Å². The molecule has 5 N–H and O–H groups in total. The van der Waals surface area contributed by atoms with Gasteiger partial charge in [-0.3, -0.25) is 9.78 Å². The van der Waals surface area contributed by atoms with E-state index in [2.05, 4.69) is 15.6 Å². The van der Waals surface area contributed by atoms with Gasteiger partial charge in [0.15, 0.2) is 5.82 Å². The Bertz CT molecular complexity index is 1370. The maximum atomic E-state index is 15.6. The lowest BCUT2D eigenvalue weighted by molar-refractivity contribution is 0.102. The lowest BCUT2D eigenvalue weighted by Gasteiger charge is -2.29. The number of aromatic nitrogens is 1. The first-order valence-electron chi connectivity index (χ1n) is 11.6. The minimum Gasteiger partial charge on any atom is -0.496 e. The highest BCUT2D eigenvalue weighted by molar-refractivity contribution is 6.09. The number of amides is 1. The van der Waals surface area contributed by atoms with Gasteiger partial charge in [0.2, 0.25) is 0 Å². The summed E-state index contributed by atoms with van der Waals surface area (Å²) in [6.45, 7) is 2.35. The van der Waals surface area contributed by atoms with E-state index in [0.717, 1.165) is 24.4 Å². The summed E-state index contributed by atoms with van der Waals surface area (Å²) in [5.74, 6) is -3.40. The van der Waals surface area contributed by atoms with Crippen LogP contribution < -0.4 is 26.0 Å². The van der Waals surface area contributed by atoms with Crippen molar-refractivity contribution in [2.75, 3.05) is 36.2 Å². The average molecular weight is 513 g/mol. The fourth-order valence-electron chi connectivity index (χ4n) is 4.73. The van der Waals surface area contributed by atoms with Crippen LogP contribution in [0.3, 0.4) is 0 Å². The molecule has 1 aromatic heterocycles. The van der Waals surface area contributed by atoms with Gasteiger partial charge in [-0.25, -0.2) is 13.2 Å². The summed E-state index contributed by atoms with van der Waals surface area (Å²) in [5.41, 5.74) is 5.81. The third-order valence-corrected chi connectivity index (χ3v) is 6.39. The molecule has 2 heterocycles. The Morgan fingerprint density at radius 1 is 1.27 bits per heavy atom. The van der Waals surface area contributed by atoms with Gasteiger partial charge in [0.25, 0.3) is 5.91 Å². The number of benzene rings is 2. The molecule has 8 nitrogen and oxygen atoms in total. The number of hydrogen-bond donors (Lipinski definition) is 4. The molecule has 1 aliphatic rings. The summed E-state index contributed by atoms with van der Waals surface area (Å²) in [5, 5.41) is 13.3. The standard InChI is InChI=1S/C26H27F3N6O2/c1-13-9-14(31)12-35(13)25-16(11-30)23(32-2)18(28)10-19(25)34-26(36)15-7-8-33-24(22(15)29)21-17(27)5-4-6-20(21)37-3/h4-8,10-11,13-14,30,32H,9,12,31H2,1-3H3,(H,34,36). The van der Waals surface area contributed by atoms with Crippen LogP contribution >= 0.6 is 0 Å². The maximum absolute atomic E-state index is 15.6. The highest BCUT2D eigenvalue weighted by Gasteiger charge is 2.32. The van der Waals surface area contributed by atoms with E-state index in [1.165, 1.54) is 32.5 Å². The van der Waals surface area contributed by atoms with Crippen molar-refractivity contribution in [3.8, 4) is 17.0 Å². The van der Waals surface area contributed by atoms with Gasteiger partial charge in [0, 0.05) is 49.7 Å². The fraction of sp³-hybridized carbons (Fsp3) is 0.269. The van der Waals surface area contributed by atoms with Crippen molar-refractivity contribution in [3.05, 3.63) is 65.1 Å². The Labute approximate surface area is 212 Å². The van der Waals surface area contributed by atoms with Crippen LogP contribution in [0.25, 0.3) is 11.3 Å². The number of nitrogens with one attached hydrogen (secondary N) is 3. The van der Waals surface area contributed by atoms with Crippen LogP contribution in [0.15, 0.2) is 36.5 Å². The van der Waals surface area contributed by atoms with Crippen LogP contribution in [-0.2, 0) is 0 Å². The second-order valence-corrected chi connectivity index (χ2v) is 8.73. The van der Waals surface area contributed by atoms with Gasteiger partial charge in [-0.15, -0.1) is 0 Å². The van der Waals surface area contributed by atoms with Crippen molar-refractivity contribution in [1.82, 2.24) is 4.98 Å². The van der Waals surface area contributed by atoms with Gasteiger partial charge in [-0.1, -0.05) is 6.07 Å². The fourth-order valence-corrected chi connectivity index (χ4v) is 4.73. The summed E-state index contributed by atoms with van der Waals surface area (Å²) in [7, 11) is 2.83. The van der Waals surface area contributed by atoms with Gasteiger partial charge >= 0.3 is 0 Å². The lowest BCUT2D eigenvalue weighted by atomic mass is 10.0. The number of ether oxygens (including phenoxy) is 1. The zero-order chi connectivity index (χ0) is 26.9. The third kappa shape index (κ3) is 4.69. The number of halogens is 3. The Morgan fingerprint density at radius 2 is 2.03 bits per heavy atom. The van der Waals surface area contributed by atoms with Gasteiger partial charge in [-0.2, -0.15) is 0 Å². The SMILES string of the molecule is CNc1c(F)cc(NC(=O)c2ccnc(-c3c(F)cccc3OC)c2F)c(N2CC(N)CC2C)c1C=N. The summed E-state index contributed by atoms with van der Waals surface area (Å²) < 4.78 is 50.3. The molecular formula is C26H27F3N6O2. The molecule has 0 radical (unpaired) electrons. The van der Waals surface area contributed by atoms with Crippen LogP contribution in [0.1, 0.15) is 29.3 Å². The predicted octanol–water partition coefficient (Wildman–Crippen LogP) is 4.39. The number of nitrogens with two attached hydrogens (primary N) is 1. The largest absolute Gasteiger partial charge is 0.496 e. The summed E-state index contributed by atoms with van der Waals surface area (Å²) in [6.07, 6.45) is 2.82. The van der Waals surface area contributed by atoms with Gasteiger partial charge in [0.05, 0.1) is 35.3 Å². The third-order valence-electron chi connectivity index (χ3n) is 6.39. The number of rotatable bonds is 7. The van der Waals surface area contributed by atoms with E-state index in [1.54, 1.807) is 0 Å². The molecular weight excluding hydrogens is 485 g/mol. The smallest absolute Gasteiger partial charge is 0.258 e. The second kappa shape index (κ2) is 10.5. The Balaban J connectivity index is 1.81. The van der Waals surface area contributed by atoms with Crippen molar-refractivity contribution in [3.63, 3.8) is 0 Å². The average Bonchev–Trinajstić information content (AvgIpc) is 3.20. The molecule has 0 aliphatic carbocycles. The van der Waals surface area contributed by atoms with Crippen LogP contribution in [0.5, 0.6) is 5.75 Å². The van der Waals surface area contributed by atoms with Crippen LogP contribution in [-0.4, -0.2) is 49.9 Å². The summed E-state index contributed by atoms with van der Waals surface area (Å²) in [6, 6.07) is 6.03. The molecule has 2 unspecified atom stereocenters. The number of hydrogen-bond acceptors (Lipinski definition) is 7. The number of pyridine rings is 1. The van der Waals surface area contributed by atoms with E-state index in [9.17, 15) is 13.6 Å². The van der Waals surface area contributed by atoms with Crippen molar-refractivity contribution < 1.29 is 22.7 Å². The number of methoxy groups -OCH3 is 1. The molecule has 194 valence electrons. The Morgan fingerprint density at radius 3 is 2.65 bits per heavy atom. The molecule has 11 heteroatoms. The van der Waals surface area contributed by atoms with Gasteiger partial charge in [0.1, 0.15) is 23.1 Å². The van der Waals surface area contributed by atoms with Crippen molar-refractivity contribution >= 4 is 29.2 Å². The van der Waals surface area contributed by atoms with Crippen LogP contribution in [0.2, 0.25) is 0 Å².